The van der Waals surface area contributed by atoms with Crippen LogP contribution in [0.2, 0.25) is 0 Å². The molecule has 1 aliphatic rings. The van der Waals surface area contributed by atoms with Crippen LogP contribution in [-0.4, -0.2) is 28.8 Å². The Balaban J connectivity index is 1.36. The lowest BCUT2D eigenvalue weighted by molar-refractivity contribution is 0.0284. The van der Waals surface area contributed by atoms with Gasteiger partial charge in [0.05, 0.1) is 18.4 Å². The molecule has 4 rings (SSSR count). The number of ether oxygens (including phenoxy) is 1. The summed E-state index contributed by atoms with van der Waals surface area (Å²) in [6, 6.07) is 15.8. The summed E-state index contributed by atoms with van der Waals surface area (Å²) < 4.78 is 18.8. The van der Waals surface area contributed by atoms with Gasteiger partial charge in [0.1, 0.15) is 11.5 Å². The van der Waals surface area contributed by atoms with E-state index in [1.165, 1.54) is 23.3 Å². The molecular weight excluding hydrogens is 333 g/mol. The summed E-state index contributed by atoms with van der Waals surface area (Å²) in [5, 5.41) is 9.73. The minimum absolute atomic E-state index is 0.0478. The molecule has 3 aromatic rings. The third-order valence-corrected chi connectivity index (χ3v) is 4.49. The highest BCUT2D eigenvalue weighted by atomic mass is 19.1. The maximum atomic E-state index is 13.0. The summed E-state index contributed by atoms with van der Waals surface area (Å²) in [6.45, 7) is 0.994. The van der Waals surface area contributed by atoms with Gasteiger partial charge in [0, 0.05) is 18.5 Å². The summed E-state index contributed by atoms with van der Waals surface area (Å²) in [4.78, 5) is 12.3. The van der Waals surface area contributed by atoms with Crippen molar-refractivity contribution in [2.24, 2.45) is 0 Å². The number of hydrogen-bond donors (Lipinski definition) is 2. The first-order chi connectivity index (χ1) is 12.7. The highest BCUT2D eigenvalue weighted by molar-refractivity contribution is 5.93. The average Bonchev–Trinajstić information content (AvgIpc) is 3.17. The minimum atomic E-state index is -0.309. The molecule has 6 heteroatoms. The number of rotatable bonds is 4. The van der Waals surface area contributed by atoms with Crippen LogP contribution in [0.1, 0.15) is 21.6 Å². The maximum absolute atomic E-state index is 13.0. The molecule has 0 spiro atoms. The van der Waals surface area contributed by atoms with Crippen molar-refractivity contribution in [1.82, 2.24) is 15.5 Å². The van der Waals surface area contributed by atoms with Crippen LogP contribution >= 0.6 is 0 Å². The number of aromatic amines is 1. The molecule has 0 fully saturated rings. The number of aromatic nitrogens is 2. The van der Waals surface area contributed by atoms with Crippen LogP contribution in [0.5, 0.6) is 0 Å². The first-order valence-corrected chi connectivity index (χ1v) is 8.47. The Morgan fingerprint density at radius 3 is 2.77 bits per heavy atom. The van der Waals surface area contributed by atoms with Gasteiger partial charge in [0.25, 0.3) is 5.91 Å². The minimum Gasteiger partial charge on any atom is -0.371 e. The number of hydrogen-bond acceptors (Lipinski definition) is 3. The normalized spacial score (nSPS) is 16.1. The van der Waals surface area contributed by atoms with Crippen LogP contribution in [-0.2, 0) is 17.8 Å². The SMILES string of the molecule is O=C(NCC1Cc2ccccc2CO1)c1cc(-c2ccc(F)cc2)n[nH]1. The van der Waals surface area contributed by atoms with E-state index in [2.05, 4.69) is 27.6 Å². The fraction of sp³-hybridized carbons (Fsp3) is 0.200. The third-order valence-electron chi connectivity index (χ3n) is 4.49. The standard InChI is InChI=1S/C20H18FN3O2/c21-16-7-5-13(6-8-16)18-10-19(24-23-18)20(25)22-11-17-9-14-3-1-2-4-15(14)12-26-17/h1-8,10,17H,9,11-12H2,(H,22,25)(H,23,24). The van der Waals surface area contributed by atoms with Crippen molar-refractivity contribution in [3.8, 4) is 11.3 Å². The summed E-state index contributed by atoms with van der Waals surface area (Å²) in [5.41, 5.74) is 4.16. The molecule has 1 unspecified atom stereocenters. The molecule has 2 N–H and O–H groups in total. The van der Waals surface area contributed by atoms with Crippen molar-refractivity contribution in [2.45, 2.75) is 19.1 Å². The van der Waals surface area contributed by atoms with Gasteiger partial charge >= 0.3 is 0 Å². The van der Waals surface area contributed by atoms with E-state index in [9.17, 15) is 9.18 Å². The van der Waals surface area contributed by atoms with Crippen molar-refractivity contribution in [2.75, 3.05) is 6.54 Å². The number of amides is 1. The predicted octanol–water partition coefficient (Wildman–Crippen LogP) is 3.09. The summed E-state index contributed by atoms with van der Waals surface area (Å²) in [6.07, 6.45) is 0.730. The van der Waals surface area contributed by atoms with Crippen LogP contribution in [0, 0.1) is 5.82 Å². The zero-order valence-corrected chi connectivity index (χ0v) is 14.0. The Morgan fingerprint density at radius 2 is 1.96 bits per heavy atom. The quantitative estimate of drug-likeness (QED) is 0.759. The molecule has 1 aliphatic heterocycles. The fourth-order valence-electron chi connectivity index (χ4n) is 3.05. The van der Waals surface area contributed by atoms with Gasteiger partial charge in [-0.05, 0) is 41.5 Å². The second kappa shape index (κ2) is 7.09. The molecule has 0 aliphatic carbocycles. The summed E-state index contributed by atoms with van der Waals surface area (Å²) >= 11 is 0. The molecule has 1 atom stereocenters. The lowest BCUT2D eigenvalue weighted by Gasteiger charge is -2.25. The number of nitrogens with zero attached hydrogens (tertiary/aromatic N) is 1. The molecule has 0 radical (unpaired) electrons. The number of carbonyl (C=O) groups is 1. The van der Waals surface area contributed by atoms with Crippen LogP contribution in [0.15, 0.2) is 54.6 Å². The number of H-pyrrole nitrogens is 1. The number of carbonyl (C=O) groups excluding carboxylic acids is 1. The van der Waals surface area contributed by atoms with Crippen molar-refractivity contribution in [3.63, 3.8) is 0 Å². The summed E-state index contributed by atoms with van der Waals surface area (Å²) in [7, 11) is 0. The Bertz CT molecular complexity index is 921. The van der Waals surface area contributed by atoms with E-state index in [-0.39, 0.29) is 17.8 Å². The van der Waals surface area contributed by atoms with Gasteiger partial charge in [-0.1, -0.05) is 24.3 Å². The zero-order chi connectivity index (χ0) is 17.9. The first kappa shape index (κ1) is 16.5. The second-order valence-corrected chi connectivity index (χ2v) is 6.29. The third kappa shape index (κ3) is 3.50. The lowest BCUT2D eigenvalue weighted by atomic mass is 9.99. The monoisotopic (exact) mass is 351 g/mol. The van der Waals surface area contributed by atoms with E-state index < -0.39 is 0 Å². The van der Waals surface area contributed by atoms with Crippen molar-refractivity contribution in [3.05, 3.63) is 77.2 Å². The largest absolute Gasteiger partial charge is 0.371 e. The Morgan fingerprint density at radius 1 is 1.19 bits per heavy atom. The van der Waals surface area contributed by atoms with Crippen LogP contribution in [0.25, 0.3) is 11.3 Å². The number of benzene rings is 2. The molecule has 2 heterocycles. The van der Waals surface area contributed by atoms with E-state index in [4.69, 9.17) is 4.74 Å². The van der Waals surface area contributed by atoms with Gasteiger partial charge in [-0.25, -0.2) is 4.39 Å². The Kier molecular flexibility index (Phi) is 4.50. The van der Waals surface area contributed by atoms with Gasteiger partial charge in [-0.3, -0.25) is 9.89 Å². The molecule has 0 saturated heterocycles. The van der Waals surface area contributed by atoms with Gasteiger partial charge in [-0.15, -0.1) is 0 Å². The Hall–Kier alpha value is -2.99. The Labute approximate surface area is 150 Å². The molecular formula is C20H18FN3O2. The first-order valence-electron chi connectivity index (χ1n) is 8.47. The van der Waals surface area contributed by atoms with Gasteiger partial charge < -0.3 is 10.1 Å². The molecule has 26 heavy (non-hydrogen) atoms. The predicted molar refractivity (Wildman–Crippen MR) is 95.0 cm³/mol. The molecule has 0 bridgehead atoms. The van der Waals surface area contributed by atoms with Crippen LogP contribution in [0.3, 0.4) is 0 Å². The highest BCUT2D eigenvalue weighted by Gasteiger charge is 2.20. The van der Waals surface area contributed by atoms with E-state index in [1.54, 1.807) is 18.2 Å². The zero-order valence-electron chi connectivity index (χ0n) is 14.0. The van der Waals surface area contributed by atoms with Crippen molar-refractivity contribution < 1.29 is 13.9 Å². The smallest absolute Gasteiger partial charge is 0.269 e. The molecule has 2 aromatic carbocycles. The van der Waals surface area contributed by atoms with E-state index in [1.807, 2.05) is 12.1 Å². The molecule has 5 nitrogen and oxygen atoms in total. The van der Waals surface area contributed by atoms with Crippen LogP contribution < -0.4 is 5.32 Å². The maximum Gasteiger partial charge on any atom is 0.269 e. The molecule has 0 saturated carbocycles. The van der Waals surface area contributed by atoms with Crippen molar-refractivity contribution >= 4 is 5.91 Å². The fourth-order valence-corrected chi connectivity index (χ4v) is 3.05. The van der Waals surface area contributed by atoms with Crippen LogP contribution in [0.4, 0.5) is 4.39 Å². The van der Waals surface area contributed by atoms with E-state index >= 15 is 0 Å². The topological polar surface area (TPSA) is 67.0 Å². The molecule has 132 valence electrons. The molecule has 1 amide bonds. The summed E-state index contributed by atoms with van der Waals surface area (Å²) in [5.74, 6) is -0.551. The van der Waals surface area contributed by atoms with Gasteiger partial charge in [0.15, 0.2) is 0 Å². The second-order valence-electron chi connectivity index (χ2n) is 6.29. The van der Waals surface area contributed by atoms with Gasteiger partial charge in [0.2, 0.25) is 0 Å². The average molecular weight is 351 g/mol. The number of halogens is 1. The number of nitrogens with one attached hydrogen (secondary N) is 2. The number of fused-ring (bicyclic) bond motifs is 1. The van der Waals surface area contributed by atoms with E-state index in [0.717, 1.165) is 12.0 Å². The highest BCUT2D eigenvalue weighted by Crippen LogP contribution is 2.20. The van der Waals surface area contributed by atoms with Crippen molar-refractivity contribution in [1.29, 1.82) is 0 Å². The van der Waals surface area contributed by atoms with Gasteiger partial charge in [-0.2, -0.15) is 5.10 Å². The lowest BCUT2D eigenvalue weighted by Crippen LogP contribution is -2.36. The van der Waals surface area contributed by atoms with E-state index in [0.29, 0.717) is 24.5 Å². The molecule has 1 aromatic heterocycles.